The predicted octanol–water partition coefficient (Wildman–Crippen LogP) is 2.79. The number of likely N-dealkylation sites (tertiary alicyclic amines) is 1. The summed E-state index contributed by atoms with van der Waals surface area (Å²) < 4.78 is 11.1. The molecule has 1 amide bonds. The van der Waals surface area contributed by atoms with Crippen molar-refractivity contribution >= 4 is 17.0 Å². The lowest BCUT2D eigenvalue weighted by atomic mass is 10.0. The summed E-state index contributed by atoms with van der Waals surface area (Å²) in [5.74, 6) is 0.827. The molecule has 1 atom stereocenters. The van der Waals surface area contributed by atoms with Gasteiger partial charge in [-0.15, -0.1) is 0 Å². The minimum absolute atomic E-state index is 0.0275. The number of nitrogens with one attached hydrogen (secondary N) is 2. The summed E-state index contributed by atoms with van der Waals surface area (Å²) in [5.41, 5.74) is 1.05. The molecule has 8 nitrogen and oxygen atoms in total. The molecule has 0 saturated carbocycles. The van der Waals surface area contributed by atoms with E-state index >= 15 is 0 Å². The van der Waals surface area contributed by atoms with E-state index in [9.17, 15) is 9.59 Å². The van der Waals surface area contributed by atoms with Crippen LogP contribution in [0.4, 0.5) is 0 Å². The average Bonchev–Trinajstić information content (AvgIpc) is 3.12. The maximum absolute atomic E-state index is 13.1. The molecule has 1 saturated heterocycles. The molecular formula is C22H26N4O4. The molecule has 2 aromatic heterocycles. The summed E-state index contributed by atoms with van der Waals surface area (Å²) in [6.45, 7) is 3.99. The number of furan rings is 1. The van der Waals surface area contributed by atoms with Crippen molar-refractivity contribution in [2.24, 2.45) is 0 Å². The summed E-state index contributed by atoms with van der Waals surface area (Å²) in [6, 6.07) is 7.87. The van der Waals surface area contributed by atoms with E-state index in [2.05, 4.69) is 20.2 Å². The molecule has 0 bridgehead atoms. The minimum atomic E-state index is -0.390. The third-order valence-corrected chi connectivity index (χ3v) is 5.68. The number of aromatic nitrogens is 2. The van der Waals surface area contributed by atoms with Crippen molar-refractivity contribution in [3.05, 3.63) is 57.8 Å². The minimum Gasteiger partial charge on any atom is -0.496 e. The normalized spacial score (nSPS) is 15.8. The number of benzene rings is 1. The Labute approximate surface area is 174 Å². The van der Waals surface area contributed by atoms with Crippen LogP contribution in [-0.2, 0) is 0 Å². The molecule has 0 spiro atoms. The predicted molar refractivity (Wildman–Crippen MR) is 113 cm³/mol. The van der Waals surface area contributed by atoms with Gasteiger partial charge in [0.1, 0.15) is 16.9 Å². The molecule has 158 valence electrons. The number of aryl methyl sites for hydroxylation is 1. The first-order valence-electron chi connectivity index (χ1n) is 10.2. The third kappa shape index (κ3) is 3.82. The number of carbonyl (C=O) groups is 1. The van der Waals surface area contributed by atoms with Crippen molar-refractivity contribution in [1.82, 2.24) is 20.2 Å². The molecule has 2 N–H and O–H groups in total. The maximum atomic E-state index is 13.1. The van der Waals surface area contributed by atoms with Crippen LogP contribution in [0.3, 0.4) is 0 Å². The van der Waals surface area contributed by atoms with Crippen molar-refractivity contribution in [3.63, 3.8) is 0 Å². The van der Waals surface area contributed by atoms with Crippen molar-refractivity contribution in [1.29, 1.82) is 0 Å². The smallest absolute Gasteiger partial charge is 0.262 e. The van der Waals surface area contributed by atoms with E-state index < -0.39 is 0 Å². The van der Waals surface area contributed by atoms with Gasteiger partial charge >= 0.3 is 0 Å². The van der Waals surface area contributed by atoms with Gasteiger partial charge in [-0.3, -0.25) is 14.5 Å². The van der Waals surface area contributed by atoms with E-state index in [1.165, 1.54) is 12.7 Å². The van der Waals surface area contributed by atoms with Gasteiger partial charge in [0.2, 0.25) is 5.71 Å². The first-order chi connectivity index (χ1) is 14.6. The Morgan fingerprint density at radius 1 is 1.30 bits per heavy atom. The van der Waals surface area contributed by atoms with Crippen molar-refractivity contribution in [2.75, 3.05) is 26.7 Å². The fraction of sp³-hybridized carbons (Fsp3) is 0.409. The largest absolute Gasteiger partial charge is 0.496 e. The molecule has 1 unspecified atom stereocenters. The van der Waals surface area contributed by atoms with Gasteiger partial charge in [0.15, 0.2) is 0 Å². The number of ether oxygens (including phenoxy) is 1. The third-order valence-electron chi connectivity index (χ3n) is 5.68. The second kappa shape index (κ2) is 8.71. The van der Waals surface area contributed by atoms with Crippen molar-refractivity contribution in [2.45, 2.75) is 32.2 Å². The molecule has 0 radical (unpaired) electrons. The lowest BCUT2D eigenvalue weighted by Gasteiger charge is -2.35. The van der Waals surface area contributed by atoms with Crippen LogP contribution in [0.15, 0.2) is 39.8 Å². The van der Waals surface area contributed by atoms with E-state index in [4.69, 9.17) is 9.15 Å². The molecule has 1 aliphatic rings. The van der Waals surface area contributed by atoms with E-state index in [0.29, 0.717) is 12.3 Å². The van der Waals surface area contributed by atoms with Gasteiger partial charge in [-0.25, -0.2) is 4.98 Å². The molecule has 1 fully saturated rings. The van der Waals surface area contributed by atoms with Gasteiger partial charge in [-0.05, 0) is 38.9 Å². The Bertz CT molecular complexity index is 1100. The summed E-state index contributed by atoms with van der Waals surface area (Å²) >= 11 is 0. The molecule has 1 aromatic carbocycles. The highest BCUT2D eigenvalue weighted by atomic mass is 16.5. The Kier molecular flexibility index (Phi) is 5.85. The van der Waals surface area contributed by atoms with E-state index in [1.54, 1.807) is 14.0 Å². The van der Waals surface area contributed by atoms with Crippen LogP contribution in [-0.4, -0.2) is 47.5 Å². The molecule has 3 heterocycles. The highest BCUT2D eigenvalue weighted by molar-refractivity contribution is 6.06. The topological polar surface area (TPSA) is 100 Å². The Morgan fingerprint density at radius 2 is 2.07 bits per heavy atom. The monoisotopic (exact) mass is 410 g/mol. The zero-order valence-corrected chi connectivity index (χ0v) is 17.2. The van der Waals surface area contributed by atoms with E-state index in [-0.39, 0.29) is 34.2 Å². The maximum Gasteiger partial charge on any atom is 0.262 e. The number of hydrogen-bond acceptors (Lipinski definition) is 6. The Balaban J connectivity index is 1.62. The number of rotatable bonds is 6. The summed E-state index contributed by atoms with van der Waals surface area (Å²) in [7, 11) is 1.66. The van der Waals surface area contributed by atoms with E-state index in [1.807, 2.05) is 24.3 Å². The highest BCUT2D eigenvalue weighted by Gasteiger charge is 2.27. The van der Waals surface area contributed by atoms with Gasteiger partial charge < -0.3 is 19.5 Å². The van der Waals surface area contributed by atoms with E-state index in [0.717, 1.165) is 37.2 Å². The number of aromatic amines is 1. The van der Waals surface area contributed by atoms with Crippen molar-refractivity contribution in [3.8, 4) is 5.75 Å². The number of carbonyl (C=O) groups excluding carboxylic acids is 1. The van der Waals surface area contributed by atoms with Gasteiger partial charge in [0.05, 0.1) is 25.0 Å². The Hall–Kier alpha value is -3.13. The van der Waals surface area contributed by atoms with Crippen LogP contribution in [0, 0.1) is 6.92 Å². The lowest BCUT2D eigenvalue weighted by molar-refractivity contribution is 0.0923. The van der Waals surface area contributed by atoms with Crippen LogP contribution >= 0.6 is 0 Å². The van der Waals surface area contributed by atoms with Crippen LogP contribution in [0.25, 0.3) is 11.1 Å². The summed E-state index contributed by atoms with van der Waals surface area (Å²) in [6.07, 6.45) is 4.75. The Morgan fingerprint density at radius 3 is 2.83 bits per heavy atom. The van der Waals surface area contributed by atoms with Crippen LogP contribution in [0.5, 0.6) is 5.75 Å². The first-order valence-corrected chi connectivity index (χ1v) is 10.2. The summed E-state index contributed by atoms with van der Waals surface area (Å²) in [5, 5.41) is 3.20. The number of hydrogen-bond donors (Lipinski definition) is 2. The van der Waals surface area contributed by atoms with Gasteiger partial charge in [-0.1, -0.05) is 24.6 Å². The first kappa shape index (κ1) is 20.2. The van der Waals surface area contributed by atoms with Gasteiger partial charge in [0, 0.05) is 12.1 Å². The van der Waals surface area contributed by atoms with Gasteiger partial charge in [0.25, 0.3) is 11.5 Å². The number of methoxy groups -OCH3 is 1. The molecular weight excluding hydrogens is 384 g/mol. The number of piperidine rings is 1. The fourth-order valence-electron chi connectivity index (χ4n) is 4.21. The molecule has 8 heteroatoms. The number of para-hydroxylation sites is 1. The molecule has 30 heavy (non-hydrogen) atoms. The van der Waals surface area contributed by atoms with Crippen LogP contribution in [0.1, 0.15) is 47.0 Å². The average molecular weight is 410 g/mol. The second-order valence-electron chi connectivity index (χ2n) is 7.51. The van der Waals surface area contributed by atoms with Crippen LogP contribution in [0.2, 0.25) is 0 Å². The SMILES string of the molecule is COc1ccccc1C(CNC(=O)c1c(C)oc2nc[nH]c(=O)c12)N1CCCCC1. The molecule has 4 rings (SSSR count). The highest BCUT2D eigenvalue weighted by Crippen LogP contribution is 2.31. The quantitative estimate of drug-likeness (QED) is 0.648. The number of nitrogens with zero attached hydrogens (tertiary/aromatic N) is 2. The zero-order valence-electron chi connectivity index (χ0n) is 17.2. The fourth-order valence-corrected chi connectivity index (χ4v) is 4.21. The van der Waals surface area contributed by atoms with Gasteiger partial charge in [-0.2, -0.15) is 0 Å². The molecule has 0 aliphatic carbocycles. The number of amides is 1. The summed E-state index contributed by atoms with van der Waals surface area (Å²) in [4.78, 5) is 34.2. The molecule has 1 aliphatic heterocycles. The van der Waals surface area contributed by atoms with Crippen molar-refractivity contribution < 1.29 is 13.9 Å². The standard InChI is InChI=1S/C22H26N4O4/c1-14-18(19-21(28)24-13-25-22(19)30-14)20(27)23-12-16(26-10-6-3-7-11-26)15-8-4-5-9-17(15)29-2/h4-5,8-9,13,16H,3,6-7,10-12H2,1-2H3,(H,23,27)(H,24,25,28). The number of H-pyrrole nitrogens is 1. The lowest BCUT2D eigenvalue weighted by Crippen LogP contribution is -2.41. The second-order valence-corrected chi connectivity index (χ2v) is 7.51. The molecule has 3 aromatic rings. The zero-order chi connectivity index (χ0) is 21.1. The van der Waals surface area contributed by atoms with Crippen LogP contribution < -0.4 is 15.6 Å². The number of fused-ring (bicyclic) bond motifs is 1.